The quantitative estimate of drug-likeness (QED) is 0.453. The first-order valence-electron chi connectivity index (χ1n) is 9.67. The normalized spacial score (nSPS) is 14.9. The molecule has 7 nitrogen and oxygen atoms in total. The summed E-state index contributed by atoms with van der Waals surface area (Å²) in [5.74, 6) is 1.26. The van der Waals surface area contributed by atoms with Crippen LogP contribution in [0.5, 0.6) is 0 Å². The van der Waals surface area contributed by atoms with Gasteiger partial charge in [-0.3, -0.25) is 0 Å². The van der Waals surface area contributed by atoms with Gasteiger partial charge in [-0.15, -0.1) is 3.77 Å². The van der Waals surface area contributed by atoms with Crippen LogP contribution in [0.25, 0.3) is 0 Å². The van der Waals surface area contributed by atoms with Crippen LogP contribution in [0.1, 0.15) is 18.4 Å². The second kappa shape index (κ2) is 9.05. The van der Waals surface area contributed by atoms with Crippen LogP contribution in [-0.2, 0) is 20.7 Å². The van der Waals surface area contributed by atoms with E-state index in [1.54, 1.807) is 36.7 Å². The molecular formula is C21H22BrN5O2S2. The topological polar surface area (TPSA) is 96.3 Å². The molecule has 0 spiro atoms. The molecule has 0 amide bonds. The maximum Gasteiger partial charge on any atom is 0.288 e. The largest absolute Gasteiger partial charge is 0.366 e. The molecule has 0 bridgehead atoms. The van der Waals surface area contributed by atoms with Crippen LogP contribution < -0.4 is 10.6 Å². The van der Waals surface area contributed by atoms with Crippen LogP contribution in [0.3, 0.4) is 0 Å². The summed E-state index contributed by atoms with van der Waals surface area (Å²) in [4.78, 5) is 9.85. The molecule has 1 atom stereocenters. The van der Waals surface area contributed by atoms with Crippen molar-refractivity contribution in [3.8, 4) is 0 Å². The number of hydrogen-bond acceptors (Lipinski definition) is 6. The Labute approximate surface area is 193 Å². The molecule has 1 aromatic heterocycles. The van der Waals surface area contributed by atoms with Crippen molar-refractivity contribution in [2.24, 2.45) is 3.77 Å². The Morgan fingerprint density at radius 3 is 2.42 bits per heavy atom. The number of nitrogens with one attached hydrogen (secondary N) is 2. The minimum Gasteiger partial charge on any atom is -0.366 e. The predicted molar refractivity (Wildman–Crippen MR) is 128 cm³/mol. The molecule has 1 heterocycles. The van der Waals surface area contributed by atoms with E-state index in [1.807, 2.05) is 31.2 Å². The fourth-order valence-corrected chi connectivity index (χ4v) is 5.94. The summed E-state index contributed by atoms with van der Waals surface area (Å²) >= 11 is 3.47. The molecule has 31 heavy (non-hydrogen) atoms. The average molecular weight is 520 g/mol. The van der Waals surface area contributed by atoms with E-state index in [9.17, 15) is 8.42 Å². The van der Waals surface area contributed by atoms with Gasteiger partial charge in [0.1, 0.15) is 5.82 Å². The van der Waals surface area contributed by atoms with Gasteiger partial charge in [-0.05, 0) is 78.3 Å². The predicted octanol–water partition coefficient (Wildman–Crippen LogP) is 5.04. The van der Waals surface area contributed by atoms with E-state index in [-0.39, 0.29) is 4.90 Å². The lowest BCUT2D eigenvalue weighted by Crippen LogP contribution is -2.06. The molecule has 0 aliphatic heterocycles. The lowest BCUT2D eigenvalue weighted by molar-refractivity contribution is 0.598. The SMILES string of the molecule is Cc1ccc(S(=O)(=O)N=S(C)c2ccc(Nc3ncc(Br)c(NC4CC4)n3)cc2)cc1. The maximum atomic E-state index is 12.6. The first kappa shape index (κ1) is 21.9. The summed E-state index contributed by atoms with van der Waals surface area (Å²) in [5, 5.41) is 6.55. The van der Waals surface area contributed by atoms with Crippen LogP contribution in [0.4, 0.5) is 17.5 Å². The van der Waals surface area contributed by atoms with Crippen molar-refractivity contribution >= 4 is 54.1 Å². The van der Waals surface area contributed by atoms with E-state index in [1.165, 1.54) is 0 Å². The molecule has 2 aromatic carbocycles. The molecule has 2 N–H and O–H groups in total. The molecule has 4 rings (SSSR count). The van der Waals surface area contributed by atoms with E-state index < -0.39 is 20.7 Å². The second-order valence-electron chi connectivity index (χ2n) is 7.30. The highest BCUT2D eigenvalue weighted by Gasteiger charge is 2.22. The van der Waals surface area contributed by atoms with E-state index in [2.05, 4.69) is 40.3 Å². The van der Waals surface area contributed by atoms with Gasteiger partial charge in [0.15, 0.2) is 0 Å². The Bertz CT molecular complexity index is 1230. The minimum atomic E-state index is -3.71. The number of sulfonamides is 1. The molecule has 0 radical (unpaired) electrons. The van der Waals surface area contributed by atoms with Crippen molar-refractivity contribution in [1.82, 2.24) is 9.97 Å². The smallest absolute Gasteiger partial charge is 0.288 e. The fourth-order valence-electron chi connectivity index (χ4n) is 2.76. The number of hydrogen-bond donors (Lipinski definition) is 2. The van der Waals surface area contributed by atoms with Gasteiger partial charge in [0, 0.05) is 22.8 Å². The molecule has 3 aromatic rings. The highest BCUT2D eigenvalue weighted by atomic mass is 79.9. The Hall–Kier alpha value is -2.30. The highest BCUT2D eigenvalue weighted by molar-refractivity contribution is 9.10. The van der Waals surface area contributed by atoms with Gasteiger partial charge < -0.3 is 10.6 Å². The molecule has 0 saturated heterocycles. The van der Waals surface area contributed by atoms with Gasteiger partial charge in [0.05, 0.1) is 9.37 Å². The zero-order valence-corrected chi connectivity index (χ0v) is 20.3. The monoisotopic (exact) mass is 519 g/mol. The lowest BCUT2D eigenvalue weighted by atomic mass is 10.2. The number of halogens is 1. The van der Waals surface area contributed by atoms with Crippen LogP contribution in [-0.4, -0.2) is 30.7 Å². The summed E-state index contributed by atoms with van der Waals surface area (Å²) in [7, 11) is -4.51. The number of aryl methyl sites for hydroxylation is 1. The van der Waals surface area contributed by atoms with Crippen molar-refractivity contribution in [3.63, 3.8) is 0 Å². The summed E-state index contributed by atoms with van der Waals surface area (Å²) in [6.45, 7) is 1.91. The van der Waals surface area contributed by atoms with Gasteiger partial charge >= 0.3 is 0 Å². The van der Waals surface area contributed by atoms with Crippen LogP contribution >= 0.6 is 15.9 Å². The van der Waals surface area contributed by atoms with Crippen molar-refractivity contribution < 1.29 is 8.42 Å². The van der Waals surface area contributed by atoms with Crippen molar-refractivity contribution in [2.75, 3.05) is 16.9 Å². The van der Waals surface area contributed by atoms with Crippen molar-refractivity contribution in [3.05, 3.63) is 64.8 Å². The fraction of sp³-hybridized carbons (Fsp3) is 0.238. The summed E-state index contributed by atoms with van der Waals surface area (Å²) in [6, 6.07) is 14.7. The standard InChI is InChI=1S/C21H22BrN5O2S2/c1-14-3-11-18(12-4-14)31(28,29)27-30(2)17-9-7-16(8-10-17)25-21-23-13-19(22)20(26-21)24-15-5-6-15/h3-4,7-13,15H,5-6H2,1-2H3,(H2,23,24,25,26). The second-order valence-corrected chi connectivity index (χ2v) is 11.6. The Balaban J connectivity index is 1.48. The molecule has 1 saturated carbocycles. The van der Waals surface area contributed by atoms with Crippen molar-refractivity contribution in [2.45, 2.75) is 35.6 Å². The number of aromatic nitrogens is 2. The summed E-state index contributed by atoms with van der Waals surface area (Å²) in [6.07, 6.45) is 5.82. The highest BCUT2D eigenvalue weighted by Crippen LogP contribution is 2.29. The van der Waals surface area contributed by atoms with E-state index >= 15 is 0 Å². The van der Waals surface area contributed by atoms with E-state index in [0.29, 0.717) is 12.0 Å². The van der Waals surface area contributed by atoms with Crippen LogP contribution in [0, 0.1) is 6.92 Å². The minimum absolute atomic E-state index is 0.207. The third-order valence-electron chi connectivity index (χ3n) is 4.64. The average Bonchev–Trinajstić information content (AvgIpc) is 3.55. The van der Waals surface area contributed by atoms with E-state index in [4.69, 9.17) is 0 Å². The molecule has 10 heteroatoms. The Morgan fingerprint density at radius 1 is 1.10 bits per heavy atom. The zero-order chi connectivity index (χ0) is 22.0. The number of anilines is 3. The third kappa shape index (κ3) is 5.69. The number of nitrogens with zero attached hydrogens (tertiary/aromatic N) is 3. The summed E-state index contributed by atoms with van der Waals surface area (Å²) < 4.78 is 30.1. The van der Waals surface area contributed by atoms with Crippen LogP contribution in [0.15, 0.2) is 72.8 Å². The summed E-state index contributed by atoms with van der Waals surface area (Å²) in [5.41, 5.74) is 1.81. The first-order valence-corrected chi connectivity index (χ1v) is 13.5. The van der Waals surface area contributed by atoms with Crippen LogP contribution in [0.2, 0.25) is 0 Å². The van der Waals surface area contributed by atoms with Gasteiger partial charge in [-0.2, -0.15) is 13.4 Å². The number of rotatable bonds is 7. The first-order chi connectivity index (χ1) is 14.8. The van der Waals surface area contributed by atoms with Gasteiger partial charge in [-0.25, -0.2) is 4.98 Å². The molecule has 162 valence electrons. The van der Waals surface area contributed by atoms with Gasteiger partial charge in [-0.1, -0.05) is 28.4 Å². The van der Waals surface area contributed by atoms with Gasteiger partial charge in [0.2, 0.25) is 5.95 Å². The Kier molecular flexibility index (Phi) is 6.40. The lowest BCUT2D eigenvalue weighted by Gasteiger charge is -2.10. The molecule has 1 aliphatic carbocycles. The molecule has 1 fully saturated rings. The molecule has 1 unspecified atom stereocenters. The Morgan fingerprint density at radius 2 is 1.77 bits per heavy atom. The van der Waals surface area contributed by atoms with Gasteiger partial charge in [0.25, 0.3) is 10.0 Å². The maximum absolute atomic E-state index is 12.6. The zero-order valence-electron chi connectivity index (χ0n) is 17.0. The number of benzene rings is 2. The molecular weight excluding hydrogens is 498 g/mol. The third-order valence-corrected chi connectivity index (χ3v) is 8.72. The molecule has 1 aliphatic rings. The van der Waals surface area contributed by atoms with Crippen molar-refractivity contribution in [1.29, 1.82) is 0 Å². The van der Waals surface area contributed by atoms with E-state index in [0.717, 1.165) is 39.3 Å².